The van der Waals surface area contributed by atoms with Crippen molar-refractivity contribution in [2.45, 2.75) is 50.5 Å². The molecule has 2 aliphatic rings. The first-order valence-corrected chi connectivity index (χ1v) is 11.2. The summed E-state index contributed by atoms with van der Waals surface area (Å²) in [5.74, 6) is -4.08. The number of hydrazone groups is 1. The molecule has 8 heteroatoms. The van der Waals surface area contributed by atoms with E-state index >= 15 is 0 Å². The molecule has 33 heavy (non-hydrogen) atoms. The number of hydrogen-bond acceptors (Lipinski definition) is 3. The van der Waals surface area contributed by atoms with Crippen LogP contribution in [0.3, 0.4) is 0 Å². The Hall–Kier alpha value is -2.74. The standard InChI is InChI=1S/C25H27F4N3O/c1-18(33)32-24(19-6-3-2-4-7-19,10-5-13-31-14-11-25(28,29)12-15-31)17-23(30-32)21-16-20(26)8-9-22(21)27/h2-4,6-9,16H,5,10-15,17H2,1H3/t24-/m1/s1. The molecule has 2 aromatic rings. The van der Waals surface area contributed by atoms with Gasteiger partial charge in [-0.15, -0.1) is 0 Å². The van der Waals surface area contributed by atoms with Crippen LogP contribution in [0.1, 0.15) is 50.2 Å². The maximum atomic E-state index is 14.5. The minimum Gasteiger partial charge on any atom is -0.303 e. The lowest BCUT2D eigenvalue weighted by molar-refractivity contribution is -0.135. The van der Waals surface area contributed by atoms with Gasteiger partial charge in [-0.2, -0.15) is 5.10 Å². The van der Waals surface area contributed by atoms with Crippen LogP contribution in [0.2, 0.25) is 0 Å². The van der Waals surface area contributed by atoms with Gasteiger partial charge in [0.25, 0.3) is 5.92 Å². The second kappa shape index (κ2) is 9.25. The second-order valence-corrected chi connectivity index (χ2v) is 8.88. The number of halogens is 4. The van der Waals surface area contributed by atoms with Crippen molar-refractivity contribution in [1.82, 2.24) is 9.91 Å². The SMILES string of the molecule is CC(=O)N1N=C(c2cc(F)ccc2F)C[C@]1(CCCN1CCC(F)(F)CC1)c1ccccc1. The summed E-state index contributed by atoms with van der Waals surface area (Å²) < 4.78 is 55.4. The molecular formula is C25H27F4N3O. The maximum Gasteiger partial charge on any atom is 0.250 e. The van der Waals surface area contributed by atoms with E-state index in [-0.39, 0.29) is 30.7 Å². The predicted molar refractivity (Wildman–Crippen MR) is 118 cm³/mol. The number of rotatable bonds is 6. The van der Waals surface area contributed by atoms with Gasteiger partial charge in [-0.1, -0.05) is 30.3 Å². The minimum atomic E-state index is -2.60. The Morgan fingerprint density at radius 3 is 2.42 bits per heavy atom. The van der Waals surface area contributed by atoms with Gasteiger partial charge in [0.2, 0.25) is 5.91 Å². The molecule has 1 fully saturated rings. The van der Waals surface area contributed by atoms with Crippen molar-refractivity contribution in [1.29, 1.82) is 0 Å². The molecule has 2 aliphatic heterocycles. The van der Waals surface area contributed by atoms with Crippen LogP contribution >= 0.6 is 0 Å². The third-order valence-corrected chi connectivity index (χ3v) is 6.59. The van der Waals surface area contributed by atoms with Gasteiger partial charge in [0.05, 0.1) is 11.3 Å². The Balaban J connectivity index is 1.61. The van der Waals surface area contributed by atoms with Crippen LogP contribution in [0.25, 0.3) is 0 Å². The molecule has 176 valence electrons. The lowest BCUT2D eigenvalue weighted by Crippen LogP contribution is -2.44. The Morgan fingerprint density at radius 1 is 1.06 bits per heavy atom. The number of carbonyl (C=O) groups is 1. The third kappa shape index (κ3) is 4.95. The van der Waals surface area contributed by atoms with Crippen molar-refractivity contribution in [3.8, 4) is 0 Å². The van der Waals surface area contributed by atoms with Crippen molar-refractivity contribution >= 4 is 11.6 Å². The molecular weight excluding hydrogens is 434 g/mol. The summed E-state index contributed by atoms with van der Waals surface area (Å²) in [6.07, 6.45) is 1.08. The van der Waals surface area contributed by atoms with E-state index in [1.807, 2.05) is 35.2 Å². The Morgan fingerprint density at radius 2 is 1.76 bits per heavy atom. The molecule has 0 spiro atoms. The maximum absolute atomic E-state index is 14.5. The molecule has 0 radical (unpaired) electrons. The van der Waals surface area contributed by atoms with Gasteiger partial charge in [-0.3, -0.25) is 4.79 Å². The molecule has 1 amide bonds. The van der Waals surface area contributed by atoms with E-state index < -0.39 is 23.1 Å². The molecule has 4 nitrogen and oxygen atoms in total. The highest BCUT2D eigenvalue weighted by Crippen LogP contribution is 2.43. The van der Waals surface area contributed by atoms with E-state index in [9.17, 15) is 22.4 Å². The van der Waals surface area contributed by atoms with Crippen molar-refractivity contribution in [2.24, 2.45) is 5.10 Å². The van der Waals surface area contributed by atoms with E-state index in [1.54, 1.807) is 0 Å². The zero-order valence-electron chi connectivity index (χ0n) is 18.5. The van der Waals surface area contributed by atoms with Crippen LogP contribution in [-0.4, -0.2) is 47.1 Å². The summed E-state index contributed by atoms with van der Waals surface area (Å²) in [6.45, 7) is 2.68. The first kappa shape index (κ1) is 23.4. The number of likely N-dealkylation sites (tertiary alicyclic amines) is 1. The molecule has 0 saturated carbocycles. The van der Waals surface area contributed by atoms with Crippen molar-refractivity contribution in [3.63, 3.8) is 0 Å². The molecule has 0 unspecified atom stereocenters. The number of hydrogen-bond donors (Lipinski definition) is 0. The Kier molecular flexibility index (Phi) is 6.56. The lowest BCUT2D eigenvalue weighted by atomic mass is 9.80. The fraction of sp³-hybridized carbons (Fsp3) is 0.440. The van der Waals surface area contributed by atoms with Gasteiger partial charge in [0, 0.05) is 44.8 Å². The predicted octanol–water partition coefficient (Wildman–Crippen LogP) is 5.33. The van der Waals surface area contributed by atoms with Crippen molar-refractivity contribution in [2.75, 3.05) is 19.6 Å². The zero-order chi connectivity index (χ0) is 23.6. The quantitative estimate of drug-likeness (QED) is 0.546. The lowest BCUT2D eigenvalue weighted by Gasteiger charge is -2.38. The summed E-state index contributed by atoms with van der Waals surface area (Å²) in [6, 6.07) is 12.6. The summed E-state index contributed by atoms with van der Waals surface area (Å²) >= 11 is 0. The third-order valence-electron chi connectivity index (χ3n) is 6.59. The van der Waals surface area contributed by atoms with Gasteiger partial charge in [0.1, 0.15) is 11.6 Å². The number of nitrogens with zero attached hydrogens (tertiary/aromatic N) is 3. The van der Waals surface area contributed by atoms with E-state index in [4.69, 9.17) is 0 Å². The number of alkyl halides is 2. The number of amides is 1. The molecule has 4 rings (SSSR count). The molecule has 0 aliphatic carbocycles. The summed E-state index contributed by atoms with van der Waals surface area (Å²) in [7, 11) is 0. The summed E-state index contributed by atoms with van der Waals surface area (Å²) in [4.78, 5) is 14.7. The molecule has 1 atom stereocenters. The average Bonchev–Trinajstić information content (AvgIpc) is 3.18. The van der Waals surface area contributed by atoms with Crippen LogP contribution in [0, 0.1) is 11.6 Å². The smallest absolute Gasteiger partial charge is 0.250 e. The van der Waals surface area contributed by atoms with Gasteiger partial charge >= 0.3 is 0 Å². The summed E-state index contributed by atoms with van der Waals surface area (Å²) in [5, 5.41) is 5.84. The van der Waals surface area contributed by atoms with Crippen LogP contribution in [0.4, 0.5) is 17.6 Å². The molecule has 0 N–H and O–H groups in total. The molecule has 0 bridgehead atoms. The average molecular weight is 462 g/mol. The fourth-order valence-corrected chi connectivity index (χ4v) is 4.85. The minimum absolute atomic E-state index is 0.0392. The molecule has 2 heterocycles. The van der Waals surface area contributed by atoms with Crippen LogP contribution in [0.15, 0.2) is 53.6 Å². The highest BCUT2D eigenvalue weighted by atomic mass is 19.3. The number of piperidine rings is 1. The zero-order valence-corrected chi connectivity index (χ0v) is 18.5. The summed E-state index contributed by atoms with van der Waals surface area (Å²) in [5.41, 5.74) is 0.336. The first-order valence-electron chi connectivity index (χ1n) is 11.2. The van der Waals surface area contributed by atoms with E-state index in [1.165, 1.54) is 11.9 Å². The first-order chi connectivity index (χ1) is 15.7. The molecule has 1 saturated heterocycles. The highest BCUT2D eigenvalue weighted by molar-refractivity contribution is 6.03. The van der Waals surface area contributed by atoms with E-state index in [0.29, 0.717) is 38.2 Å². The van der Waals surface area contributed by atoms with Crippen LogP contribution in [0.5, 0.6) is 0 Å². The second-order valence-electron chi connectivity index (χ2n) is 8.88. The van der Waals surface area contributed by atoms with Gasteiger partial charge in [0.15, 0.2) is 0 Å². The van der Waals surface area contributed by atoms with Gasteiger partial charge < -0.3 is 4.90 Å². The molecule has 0 aromatic heterocycles. The number of carbonyl (C=O) groups excluding carboxylic acids is 1. The normalized spacial score (nSPS) is 22.9. The molecule has 2 aromatic carbocycles. The van der Waals surface area contributed by atoms with Crippen LogP contribution < -0.4 is 0 Å². The topological polar surface area (TPSA) is 35.9 Å². The highest BCUT2D eigenvalue weighted by Gasteiger charge is 2.46. The Labute approximate surface area is 190 Å². The van der Waals surface area contributed by atoms with Crippen LogP contribution in [-0.2, 0) is 10.3 Å². The van der Waals surface area contributed by atoms with Crippen molar-refractivity contribution in [3.05, 3.63) is 71.3 Å². The number of benzene rings is 2. The van der Waals surface area contributed by atoms with Gasteiger partial charge in [-0.25, -0.2) is 22.6 Å². The monoisotopic (exact) mass is 461 g/mol. The largest absolute Gasteiger partial charge is 0.303 e. The van der Waals surface area contributed by atoms with Gasteiger partial charge in [-0.05, 0) is 43.1 Å². The van der Waals surface area contributed by atoms with E-state index in [2.05, 4.69) is 5.10 Å². The fourth-order valence-electron chi connectivity index (χ4n) is 4.85. The Bertz CT molecular complexity index is 1030. The van der Waals surface area contributed by atoms with E-state index in [0.717, 1.165) is 23.8 Å². The van der Waals surface area contributed by atoms with Crippen molar-refractivity contribution < 1.29 is 22.4 Å².